The van der Waals surface area contributed by atoms with E-state index in [4.69, 9.17) is 0 Å². The Kier molecular flexibility index (Phi) is 11.7. The maximum absolute atomic E-state index is 13.1. The molecule has 1 unspecified atom stereocenters. The van der Waals surface area contributed by atoms with Crippen molar-refractivity contribution in [3.05, 3.63) is 53.0 Å². The lowest BCUT2D eigenvalue weighted by Crippen LogP contribution is -2.45. The Morgan fingerprint density at radius 3 is 2.37 bits per heavy atom. The van der Waals surface area contributed by atoms with E-state index in [2.05, 4.69) is 31.2 Å². The number of amides is 4. The smallest absolute Gasteiger partial charge is 0.287 e. The zero-order valence-electron chi connectivity index (χ0n) is 21.7. The SMILES string of the molecule is CCC(CC)CNC(=O)Cn1cccc(NC(=O)C(CCC(=O)C(=O)NC)NC(=O)c2cncnc2)c1=O. The van der Waals surface area contributed by atoms with E-state index in [0.29, 0.717) is 12.5 Å². The molecule has 0 spiro atoms. The van der Waals surface area contributed by atoms with Crippen molar-refractivity contribution < 1.29 is 24.0 Å². The van der Waals surface area contributed by atoms with Gasteiger partial charge >= 0.3 is 0 Å². The number of ketones is 1. The van der Waals surface area contributed by atoms with Gasteiger partial charge in [0, 0.05) is 38.6 Å². The summed E-state index contributed by atoms with van der Waals surface area (Å²) in [5.74, 6) is -3.08. The van der Waals surface area contributed by atoms with Crippen LogP contribution in [-0.4, -0.2) is 63.6 Å². The molecule has 0 aliphatic carbocycles. The molecule has 204 valence electrons. The average Bonchev–Trinajstić information content (AvgIpc) is 2.93. The Labute approximate surface area is 219 Å². The fraction of sp³-hybridized carbons (Fsp3) is 0.440. The first-order chi connectivity index (χ1) is 18.2. The molecule has 0 saturated heterocycles. The number of nitrogens with one attached hydrogen (secondary N) is 4. The van der Waals surface area contributed by atoms with Gasteiger partial charge in [-0.15, -0.1) is 0 Å². The molecule has 13 heteroatoms. The molecule has 0 aliphatic heterocycles. The Bertz CT molecular complexity index is 1190. The van der Waals surface area contributed by atoms with Crippen LogP contribution in [0.3, 0.4) is 0 Å². The molecule has 13 nitrogen and oxygen atoms in total. The van der Waals surface area contributed by atoms with Crippen LogP contribution in [0.4, 0.5) is 5.69 Å². The quantitative estimate of drug-likeness (QED) is 0.248. The third-order valence-electron chi connectivity index (χ3n) is 5.92. The van der Waals surface area contributed by atoms with E-state index in [-0.39, 0.29) is 36.5 Å². The van der Waals surface area contributed by atoms with Gasteiger partial charge in [-0.05, 0) is 24.5 Å². The summed E-state index contributed by atoms with van der Waals surface area (Å²) in [4.78, 5) is 82.0. The summed E-state index contributed by atoms with van der Waals surface area (Å²) in [5, 5.41) is 9.95. The fourth-order valence-electron chi connectivity index (χ4n) is 3.48. The second-order valence-corrected chi connectivity index (χ2v) is 8.52. The molecular weight excluding hydrogens is 494 g/mol. The normalized spacial score (nSPS) is 11.4. The molecule has 4 N–H and O–H groups in total. The topological polar surface area (TPSA) is 181 Å². The third kappa shape index (κ3) is 8.91. The summed E-state index contributed by atoms with van der Waals surface area (Å²) >= 11 is 0. The molecule has 2 rings (SSSR count). The second-order valence-electron chi connectivity index (χ2n) is 8.52. The Hall–Kier alpha value is -4.42. The first-order valence-electron chi connectivity index (χ1n) is 12.3. The lowest BCUT2D eigenvalue weighted by atomic mass is 10.0. The van der Waals surface area contributed by atoms with Crippen molar-refractivity contribution in [2.24, 2.45) is 5.92 Å². The summed E-state index contributed by atoms with van der Waals surface area (Å²) in [7, 11) is 1.30. The number of Topliss-reactive ketones (excluding diaryl/α,β-unsaturated/α-hetero) is 1. The number of nitrogens with zero attached hydrogens (tertiary/aromatic N) is 3. The number of likely N-dealkylation sites (N-methyl/N-ethyl adjacent to an activating group) is 1. The van der Waals surface area contributed by atoms with Crippen LogP contribution in [0.2, 0.25) is 0 Å². The molecule has 4 amide bonds. The van der Waals surface area contributed by atoms with E-state index in [1.165, 1.54) is 44.1 Å². The van der Waals surface area contributed by atoms with Gasteiger partial charge in [0.1, 0.15) is 24.6 Å². The number of anilines is 1. The zero-order chi connectivity index (χ0) is 28.1. The number of carbonyl (C=O) groups is 5. The van der Waals surface area contributed by atoms with Gasteiger partial charge in [-0.2, -0.15) is 0 Å². The van der Waals surface area contributed by atoms with Gasteiger partial charge in [0.05, 0.1) is 5.56 Å². The number of hydrogen-bond acceptors (Lipinski definition) is 8. The van der Waals surface area contributed by atoms with E-state index in [9.17, 15) is 28.8 Å². The fourth-order valence-corrected chi connectivity index (χ4v) is 3.48. The average molecular weight is 528 g/mol. The van der Waals surface area contributed by atoms with Crippen LogP contribution in [0.25, 0.3) is 0 Å². The van der Waals surface area contributed by atoms with Crippen LogP contribution >= 0.6 is 0 Å². The van der Waals surface area contributed by atoms with Crippen molar-refractivity contribution in [3.63, 3.8) is 0 Å². The van der Waals surface area contributed by atoms with Gasteiger partial charge in [0.2, 0.25) is 17.6 Å². The number of carbonyl (C=O) groups excluding carboxylic acids is 5. The predicted molar refractivity (Wildman–Crippen MR) is 138 cm³/mol. The summed E-state index contributed by atoms with van der Waals surface area (Å²) < 4.78 is 1.15. The van der Waals surface area contributed by atoms with Crippen molar-refractivity contribution in [1.82, 2.24) is 30.5 Å². The van der Waals surface area contributed by atoms with E-state index in [1.807, 2.05) is 13.8 Å². The molecule has 0 radical (unpaired) electrons. The minimum Gasteiger partial charge on any atom is -0.354 e. The first kappa shape index (κ1) is 29.8. The van der Waals surface area contributed by atoms with Gasteiger partial charge < -0.3 is 25.8 Å². The molecule has 2 aromatic heterocycles. The summed E-state index contributed by atoms with van der Waals surface area (Å²) in [6, 6.07) is 1.58. The molecule has 0 saturated carbocycles. The summed E-state index contributed by atoms with van der Waals surface area (Å²) in [6.07, 6.45) is 6.44. The van der Waals surface area contributed by atoms with E-state index in [0.717, 1.165) is 17.4 Å². The molecule has 0 aromatic carbocycles. The minimum atomic E-state index is -1.27. The Morgan fingerprint density at radius 1 is 1.05 bits per heavy atom. The molecule has 2 heterocycles. The van der Waals surface area contributed by atoms with Crippen molar-refractivity contribution in [3.8, 4) is 0 Å². The highest BCUT2D eigenvalue weighted by atomic mass is 16.2. The minimum absolute atomic E-state index is 0.0735. The van der Waals surface area contributed by atoms with Crippen LogP contribution < -0.4 is 26.8 Å². The van der Waals surface area contributed by atoms with Gasteiger partial charge in [-0.3, -0.25) is 28.8 Å². The largest absolute Gasteiger partial charge is 0.354 e. The summed E-state index contributed by atoms with van der Waals surface area (Å²) in [5.41, 5.74) is -0.670. The van der Waals surface area contributed by atoms with Crippen molar-refractivity contribution in [2.75, 3.05) is 18.9 Å². The highest BCUT2D eigenvalue weighted by Crippen LogP contribution is 2.07. The lowest BCUT2D eigenvalue weighted by Gasteiger charge is -2.18. The zero-order valence-corrected chi connectivity index (χ0v) is 21.7. The maximum atomic E-state index is 13.1. The van der Waals surface area contributed by atoms with Crippen LogP contribution in [0.15, 0.2) is 41.8 Å². The highest BCUT2D eigenvalue weighted by molar-refractivity contribution is 6.36. The number of rotatable bonds is 14. The molecular formula is C25H33N7O6. The third-order valence-corrected chi connectivity index (χ3v) is 5.92. The van der Waals surface area contributed by atoms with E-state index < -0.39 is 35.1 Å². The molecule has 0 aliphatic rings. The molecule has 1 atom stereocenters. The van der Waals surface area contributed by atoms with E-state index >= 15 is 0 Å². The number of aromatic nitrogens is 3. The first-order valence-corrected chi connectivity index (χ1v) is 12.3. The monoisotopic (exact) mass is 527 g/mol. The highest BCUT2D eigenvalue weighted by Gasteiger charge is 2.25. The van der Waals surface area contributed by atoms with Crippen LogP contribution in [0.5, 0.6) is 0 Å². The predicted octanol–water partition coefficient (Wildman–Crippen LogP) is 0.0231. The van der Waals surface area contributed by atoms with Crippen molar-refractivity contribution in [2.45, 2.75) is 52.1 Å². The van der Waals surface area contributed by atoms with E-state index in [1.54, 1.807) is 0 Å². The lowest BCUT2D eigenvalue weighted by molar-refractivity contribution is -0.137. The van der Waals surface area contributed by atoms with Crippen LogP contribution in [0.1, 0.15) is 49.9 Å². The van der Waals surface area contributed by atoms with Crippen LogP contribution in [0, 0.1) is 5.92 Å². The second kappa shape index (κ2) is 15.0. The Balaban J connectivity index is 2.15. The number of hydrogen-bond donors (Lipinski definition) is 4. The summed E-state index contributed by atoms with van der Waals surface area (Å²) in [6.45, 7) is 4.33. The van der Waals surface area contributed by atoms with Gasteiger partial charge in [-0.25, -0.2) is 9.97 Å². The van der Waals surface area contributed by atoms with Gasteiger partial charge in [0.25, 0.3) is 17.4 Å². The van der Waals surface area contributed by atoms with Gasteiger partial charge in [-0.1, -0.05) is 26.7 Å². The molecule has 38 heavy (non-hydrogen) atoms. The molecule has 2 aromatic rings. The van der Waals surface area contributed by atoms with Crippen molar-refractivity contribution >= 4 is 35.1 Å². The van der Waals surface area contributed by atoms with Gasteiger partial charge in [0.15, 0.2) is 0 Å². The standard InChI is InChI=1S/C25H33N7O6/c1-4-16(5-2)11-29-21(34)14-32-10-6-7-19(25(32)38)31-23(36)18(8-9-20(33)24(37)26-3)30-22(35)17-12-27-15-28-13-17/h6-7,10,12-13,15-16,18H,4-5,8-9,11,14H2,1-3H3,(H,26,37)(H,29,34)(H,30,35)(H,31,36). The van der Waals surface area contributed by atoms with Crippen molar-refractivity contribution in [1.29, 1.82) is 0 Å². The Morgan fingerprint density at radius 2 is 1.74 bits per heavy atom. The molecule has 0 fully saturated rings. The molecule has 0 bridgehead atoms. The maximum Gasteiger partial charge on any atom is 0.287 e. The van der Waals surface area contributed by atoms with Crippen LogP contribution in [-0.2, 0) is 25.7 Å². The number of pyridine rings is 1.